The van der Waals surface area contributed by atoms with Crippen LogP contribution < -0.4 is 10.6 Å². The molecule has 2 aromatic heterocycles. The van der Waals surface area contributed by atoms with Crippen LogP contribution >= 0.6 is 24.0 Å². The molecule has 2 aromatic rings. The Morgan fingerprint density at radius 1 is 1.23 bits per heavy atom. The minimum Gasteiger partial charge on any atom is -0.356 e. The van der Waals surface area contributed by atoms with Crippen molar-refractivity contribution in [1.82, 2.24) is 25.2 Å². The van der Waals surface area contributed by atoms with Crippen molar-refractivity contribution in [3.05, 3.63) is 30.2 Å². The Kier molecular flexibility index (Phi) is 8.15. The van der Waals surface area contributed by atoms with E-state index in [2.05, 4.69) is 39.7 Å². The second-order valence-electron chi connectivity index (χ2n) is 5.03. The summed E-state index contributed by atoms with van der Waals surface area (Å²) >= 11 is 0. The van der Waals surface area contributed by atoms with Crippen LogP contribution in [0.25, 0.3) is 5.65 Å². The van der Waals surface area contributed by atoms with E-state index in [4.69, 9.17) is 0 Å². The first-order valence-electron chi connectivity index (χ1n) is 7.51. The summed E-state index contributed by atoms with van der Waals surface area (Å²) in [5.74, 6) is 2.35. The van der Waals surface area contributed by atoms with E-state index in [0.29, 0.717) is 12.5 Å². The SMILES string of the molecule is CCC(CC)CNC(=NC)NCc1nnc2ccccn12.I. The summed E-state index contributed by atoms with van der Waals surface area (Å²) in [5, 5.41) is 15.0. The van der Waals surface area contributed by atoms with E-state index in [1.54, 1.807) is 7.05 Å². The van der Waals surface area contributed by atoms with E-state index in [9.17, 15) is 0 Å². The molecule has 2 N–H and O–H groups in total. The molecule has 0 unspecified atom stereocenters. The van der Waals surface area contributed by atoms with Crippen LogP contribution in [0.15, 0.2) is 29.4 Å². The number of rotatable bonds is 6. The smallest absolute Gasteiger partial charge is 0.191 e. The number of fused-ring (bicyclic) bond motifs is 1. The van der Waals surface area contributed by atoms with Gasteiger partial charge in [-0.2, -0.15) is 0 Å². The highest BCUT2D eigenvalue weighted by Gasteiger charge is 2.07. The molecule has 0 aliphatic rings. The average molecular weight is 416 g/mol. The third-order valence-corrected chi connectivity index (χ3v) is 3.73. The molecular formula is C15H25IN6. The highest BCUT2D eigenvalue weighted by Crippen LogP contribution is 2.05. The van der Waals surface area contributed by atoms with Crippen LogP contribution in [-0.4, -0.2) is 34.2 Å². The van der Waals surface area contributed by atoms with Gasteiger partial charge in [0, 0.05) is 19.8 Å². The molecule has 0 atom stereocenters. The third-order valence-electron chi connectivity index (χ3n) is 3.73. The fourth-order valence-electron chi connectivity index (χ4n) is 2.21. The largest absolute Gasteiger partial charge is 0.356 e. The van der Waals surface area contributed by atoms with Crippen LogP contribution in [0.4, 0.5) is 0 Å². The Bertz CT molecular complexity index is 590. The van der Waals surface area contributed by atoms with Gasteiger partial charge in [0.2, 0.25) is 0 Å². The predicted molar refractivity (Wildman–Crippen MR) is 101 cm³/mol. The zero-order valence-corrected chi connectivity index (χ0v) is 15.7. The van der Waals surface area contributed by atoms with Crippen LogP contribution in [0.1, 0.15) is 32.5 Å². The first kappa shape index (κ1) is 18.7. The first-order valence-corrected chi connectivity index (χ1v) is 7.51. The highest BCUT2D eigenvalue weighted by molar-refractivity contribution is 14.0. The van der Waals surface area contributed by atoms with Gasteiger partial charge >= 0.3 is 0 Å². The Morgan fingerprint density at radius 3 is 2.68 bits per heavy atom. The number of guanidine groups is 1. The summed E-state index contributed by atoms with van der Waals surface area (Å²) in [7, 11) is 1.78. The highest BCUT2D eigenvalue weighted by atomic mass is 127. The Hall–Kier alpha value is -1.38. The fourth-order valence-corrected chi connectivity index (χ4v) is 2.21. The van der Waals surface area contributed by atoms with Gasteiger partial charge in [-0.1, -0.05) is 32.8 Å². The van der Waals surface area contributed by atoms with Crippen molar-refractivity contribution in [1.29, 1.82) is 0 Å². The zero-order valence-electron chi connectivity index (χ0n) is 13.4. The van der Waals surface area contributed by atoms with Gasteiger partial charge in [0.05, 0.1) is 6.54 Å². The number of nitrogens with one attached hydrogen (secondary N) is 2. The lowest BCUT2D eigenvalue weighted by Gasteiger charge is -2.16. The topological polar surface area (TPSA) is 66.6 Å². The number of hydrogen-bond acceptors (Lipinski definition) is 3. The van der Waals surface area contributed by atoms with E-state index >= 15 is 0 Å². The number of aromatic nitrogens is 3. The standard InChI is InChI=1S/C15H24N6.HI/c1-4-12(5-2)10-17-15(16-3)18-11-14-20-19-13-8-6-7-9-21(13)14;/h6-9,12H,4-5,10-11H2,1-3H3,(H2,16,17,18);1H. The molecule has 0 saturated heterocycles. The maximum Gasteiger partial charge on any atom is 0.191 e. The van der Waals surface area contributed by atoms with Crippen molar-refractivity contribution in [2.24, 2.45) is 10.9 Å². The van der Waals surface area contributed by atoms with Crippen molar-refractivity contribution < 1.29 is 0 Å². The van der Waals surface area contributed by atoms with Gasteiger partial charge in [0.15, 0.2) is 17.4 Å². The quantitative estimate of drug-likeness (QED) is 0.432. The molecule has 122 valence electrons. The van der Waals surface area contributed by atoms with E-state index < -0.39 is 0 Å². The van der Waals surface area contributed by atoms with Gasteiger partial charge in [-0.15, -0.1) is 34.2 Å². The number of hydrogen-bond donors (Lipinski definition) is 2. The number of halogens is 1. The second-order valence-corrected chi connectivity index (χ2v) is 5.03. The number of aliphatic imine (C=N–C) groups is 1. The van der Waals surface area contributed by atoms with Crippen molar-refractivity contribution >= 4 is 35.6 Å². The minimum atomic E-state index is 0. The van der Waals surface area contributed by atoms with Crippen molar-refractivity contribution in [2.45, 2.75) is 33.2 Å². The first-order chi connectivity index (χ1) is 10.3. The van der Waals surface area contributed by atoms with Gasteiger partial charge in [-0.3, -0.25) is 9.39 Å². The molecule has 2 rings (SSSR count). The van der Waals surface area contributed by atoms with E-state index in [1.165, 1.54) is 12.8 Å². The normalized spacial score (nSPS) is 11.5. The maximum absolute atomic E-state index is 4.25. The molecule has 0 aromatic carbocycles. The summed E-state index contributed by atoms with van der Waals surface area (Å²) in [6.07, 6.45) is 4.32. The Morgan fingerprint density at radius 2 is 2.00 bits per heavy atom. The maximum atomic E-state index is 4.25. The van der Waals surface area contributed by atoms with Gasteiger partial charge in [0.25, 0.3) is 0 Å². The zero-order chi connectivity index (χ0) is 15.1. The fraction of sp³-hybridized carbons (Fsp3) is 0.533. The van der Waals surface area contributed by atoms with E-state index in [1.807, 2.05) is 28.8 Å². The van der Waals surface area contributed by atoms with Crippen molar-refractivity contribution in [3.63, 3.8) is 0 Å². The lowest BCUT2D eigenvalue weighted by Crippen LogP contribution is -2.39. The molecule has 0 bridgehead atoms. The van der Waals surface area contributed by atoms with E-state index in [0.717, 1.165) is 24.0 Å². The Balaban J connectivity index is 0.00000242. The molecule has 22 heavy (non-hydrogen) atoms. The molecule has 0 radical (unpaired) electrons. The molecule has 0 aliphatic heterocycles. The average Bonchev–Trinajstić information content (AvgIpc) is 2.94. The van der Waals surface area contributed by atoms with Gasteiger partial charge < -0.3 is 10.6 Å². The van der Waals surface area contributed by atoms with Crippen LogP contribution in [0.2, 0.25) is 0 Å². The van der Waals surface area contributed by atoms with E-state index in [-0.39, 0.29) is 24.0 Å². The van der Waals surface area contributed by atoms with Crippen LogP contribution in [0, 0.1) is 5.92 Å². The lowest BCUT2D eigenvalue weighted by molar-refractivity contribution is 0.481. The predicted octanol–water partition coefficient (Wildman–Crippen LogP) is 2.45. The molecule has 7 heteroatoms. The molecule has 2 heterocycles. The molecule has 6 nitrogen and oxygen atoms in total. The second kappa shape index (κ2) is 9.60. The number of nitrogens with zero attached hydrogens (tertiary/aromatic N) is 4. The van der Waals surface area contributed by atoms with Crippen molar-refractivity contribution in [3.8, 4) is 0 Å². The molecule has 0 saturated carbocycles. The van der Waals surface area contributed by atoms with Crippen LogP contribution in [-0.2, 0) is 6.54 Å². The number of pyridine rings is 1. The third kappa shape index (κ3) is 4.82. The molecule has 0 aliphatic carbocycles. The van der Waals surface area contributed by atoms with Gasteiger partial charge in [-0.25, -0.2) is 0 Å². The molecule has 0 amide bonds. The summed E-state index contributed by atoms with van der Waals surface area (Å²) in [6.45, 7) is 5.96. The van der Waals surface area contributed by atoms with Gasteiger partial charge in [-0.05, 0) is 18.1 Å². The van der Waals surface area contributed by atoms with Crippen molar-refractivity contribution in [2.75, 3.05) is 13.6 Å². The summed E-state index contributed by atoms with van der Waals surface area (Å²) in [5.41, 5.74) is 0.856. The molecular weight excluding hydrogens is 391 g/mol. The summed E-state index contributed by atoms with van der Waals surface area (Å²) in [6, 6.07) is 5.87. The van der Waals surface area contributed by atoms with Crippen LogP contribution in [0.5, 0.6) is 0 Å². The molecule has 0 spiro atoms. The minimum absolute atomic E-state index is 0. The van der Waals surface area contributed by atoms with Crippen LogP contribution in [0.3, 0.4) is 0 Å². The van der Waals surface area contributed by atoms with Gasteiger partial charge in [0.1, 0.15) is 0 Å². The lowest BCUT2D eigenvalue weighted by atomic mass is 10.0. The monoisotopic (exact) mass is 416 g/mol. The molecule has 0 fully saturated rings. The Labute approximate surface area is 148 Å². The summed E-state index contributed by atoms with van der Waals surface area (Å²) in [4.78, 5) is 4.25. The summed E-state index contributed by atoms with van der Waals surface area (Å²) < 4.78 is 1.97.